The van der Waals surface area contributed by atoms with Crippen LogP contribution in [0.4, 0.5) is 8.78 Å². The molecule has 1 fully saturated rings. The fraction of sp³-hybridized carbons (Fsp3) is 1.00. The summed E-state index contributed by atoms with van der Waals surface area (Å²) in [6, 6.07) is 0. The van der Waals surface area contributed by atoms with Crippen molar-refractivity contribution in [3.05, 3.63) is 0 Å². The van der Waals surface area contributed by atoms with Gasteiger partial charge in [-0.1, -0.05) is 0 Å². The van der Waals surface area contributed by atoms with E-state index in [1.165, 1.54) is 0 Å². The van der Waals surface area contributed by atoms with Gasteiger partial charge in [0.2, 0.25) is 0 Å². The van der Waals surface area contributed by atoms with E-state index >= 15 is 0 Å². The topological polar surface area (TPSA) is 46.2 Å². The second-order valence-corrected chi connectivity index (χ2v) is 5.16. The van der Waals surface area contributed by atoms with E-state index in [4.69, 9.17) is 0 Å². The lowest BCUT2D eigenvalue weighted by Gasteiger charge is -2.08. The molecular weight excluding hydrogens is 188 g/mol. The Balaban J connectivity index is 2.58. The summed E-state index contributed by atoms with van der Waals surface area (Å²) in [6.07, 6.45) is -2.30. The molecule has 0 bridgehead atoms. The van der Waals surface area contributed by atoms with E-state index in [0.29, 0.717) is 19.5 Å². The van der Waals surface area contributed by atoms with Crippen LogP contribution in [0.2, 0.25) is 0 Å². The lowest BCUT2D eigenvalue weighted by atomic mass is 10.4. The van der Waals surface area contributed by atoms with Crippen LogP contribution in [0, 0.1) is 0 Å². The van der Waals surface area contributed by atoms with Gasteiger partial charge in [-0.2, -0.15) is 0 Å². The van der Waals surface area contributed by atoms with Gasteiger partial charge in [-0.15, -0.1) is 0 Å². The average molecular weight is 199 g/mol. The Bertz CT molecular complexity index is 234. The second-order valence-electron chi connectivity index (χ2n) is 2.84. The Kier molecular flexibility index (Phi) is 3.00. The highest BCUT2D eigenvalue weighted by Gasteiger charge is 2.30. The van der Waals surface area contributed by atoms with Crippen molar-refractivity contribution in [2.75, 3.05) is 18.8 Å². The molecule has 0 aliphatic carbocycles. The maximum Gasteiger partial charge on any atom is 0.252 e. The summed E-state index contributed by atoms with van der Waals surface area (Å²) in [7, 11) is -3.57. The normalized spacial score (nSPS) is 25.1. The first-order valence-electron chi connectivity index (χ1n) is 3.73. The molecule has 72 valence electrons. The van der Waals surface area contributed by atoms with E-state index in [2.05, 4.69) is 5.32 Å². The fourth-order valence-corrected chi connectivity index (χ4v) is 2.72. The maximum absolute atomic E-state index is 11.8. The molecule has 1 N–H and O–H groups in total. The lowest BCUT2D eigenvalue weighted by molar-refractivity contribution is 0.174. The summed E-state index contributed by atoms with van der Waals surface area (Å²) >= 11 is 0. The van der Waals surface area contributed by atoms with Gasteiger partial charge in [-0.05, 0) is 13.0 Å². The Morgan fingerprint density at radius 3 is 2.58 bits per heavy atom. The predicted octanol–water partition coefficient (Wildman–Crippen LogP) is 0.0282. The Hall–Kier alpha value is -0.230. The van der Waals surface area contributed by atoms with Crippen LogP contribution in [0.3, 0.4) is 0 Å². The van der Waals surface area contributed by atoms with Crippen LogP contribution >= 0.6 is 0 Å². The number of nitrogens with one attached hydrogen (secondary N) is 1. The van der Waals surface area contributed by atoms with Crippen molar-refractivity contribution in [1.29, 1.82) is 0 Å². The molecule has 0 amide bonds. The molecule has 1 heterocycles. The molecule has 1 unspecified atom stereocenters. The second kappa shape index (κ2) is 3.66. The summed E-state index contributed by atoms with van der Waals surface area (Å²) in [5.74, 6) is -1.00. The fourth-order valence-electron chi connectivity index (χ4n) is 1.25. The summed E-state index contributed by atoms with van der Waals surface area (Å²) in [5.41, 5.74) is 0. The van der Waals surface area contributed by atoms with Gasteiger partial charge in [0, 0.05) is 6.54 Å². The monoisotopic (exact) mass is 199 g/mol. The number of halogens is 2. The minimum atomic E-state index is -3.57. The SMILES string of the molecule is O=S(=O)(CC(F)F)C1CCNC1. The minimum absolute atomic E-state index is 0.315. The van der Waals surface area contributed by atoms with Crippen molar-refractivity contribution in [3.8, 4) is 0 Å². The Morgan fingerprint density at radius 2 is 2.17 bits per heavy atom. The van der Waals surface area contributed by atoms with Gasteiger partial charge >= 0.3 is 0 Å². The molecule has 0 saturated carbocycles. The number of hydrogen-bond acceptors (Lipinski definition) is 3. The zero-order valence-electron chi connectivity index (χ0n) is 6.46. The third-order valence-electron chi connectivity index (χ3n) is 1.88. The molecule has 1 aliphatic heterocycles. The third-order valence-corrected chi connectivity index (χ3v) is 4.02. The largest absolute Gasteiger partial charge is 0.315 e. The quantitative estimate of drug-likeness (QED) is 0.697. The first-order chi connectivity index (χ1) is 5.52. The van der Waals surface area contributed by atoms with Crippen molar-refractivity contribution >= 4 is 9.84 Å². The molecule has 1 rings (SSSR count). The van der Waals surface area contributed by atoms with Gasteiger partial charge in [-0.3, -0.25) is 0 Å². The number of sulfone groups is 1. The molecule has 0 aromatic heterocycles. The smallest absolute Gasteiger partial charge is 0.252 e. The molecule has 12 heavy (non-hydrogen) atoms. The van der Waals surface area contributed by atoms with Crippen LogP contribution in [0.15, 0.2) is 0 Å². The highest BCUT2D eigenvalue weighted by molar-refractivity contribution is 7.92. The number of hydrogen-bond donors (Lipinski definition) is 1. The standard InChI is InChI=1S/C6H11F2NO2S/c7-6(8)4-12(10,11)5-1-2-9-3-5/h5-6,9H,1-4H2. The molecule has 0 spiro atoms. The first-order valence-corrected chi connectivity index (χ1v) is 5.44. The summed E-state index contributed by atoms with van der Waals surface area (Å²) < 4.78 is 45.8. The van der Waals surface area contributed by atoms with Crippen molar-refractivity contribution < 1.29 is 17.2 Å². The number of alkyl halides is 2. The highest BCUT2D eigenvalue weighted by Crippen LogP contribution is 2.13. The van der Waals surface area contributed by atoms with Gasteiger partial charge in [0.05, 0.1) is 5.25 Å². The van der Waals surface area contributed by atoms with Crippen LogP contribution in [0.1, 0.15) is 6.42 Å². The predicted molar refractivity (Wildman–Crippen MR) is 41.1 cm³/mol. The van der Waals surface area contributed by atoms with E-state index in [-0.39, 0.29) is 0 Å². The van der Waals surface area contributed by atoms with Crippen molar-refractivity contribution in [1.82, 2.24) is 5.32 Å². The first kappa shape index (κ1) is 9.85. The van der Waals surface area contributed by atoms with Gasteiger partial charge in [0.25, 0.3) is 6.43 Å². The van der Waals surface area contributed by atoms with Crippen LogP contribution in [-0.4, -0.2) is 38.9 Å². The third kappa shape index (κ3) is 2.38. The van der Waals surface area contributed by atoms with E-state index in [9.17, 15) is 17.2 Å². The summed E-state index contributed by atoms with van der Waals surface area (Å²) in [6.45, 7) is 0.919. The molecule has 6 heteroatoms. The van der Waals surface area contributed by atoms with Gasteiger partial charge in [-0.25, -0.2) is 17.2 Å². The Morgan fingerprint density at radius 1 is 1.50 bits per heavy atom. The molecule has 0 radical (unpaired) electrons. The Labute approximate surface area is 70.1 Å². The van der Waals surface area contributed by atoms with Crippen molar-refractivity contribution in [2.45, 2.75) is 18.1 Å². The lowest BCUT2D eigenvalue weighted by Crippen LogP contribution is -2.28. The van der Waals surface area contributed by atoms with E-state index < -0.39 is 27.3 Å². The van der Waals surface area contributed by atoms with Gasteiger partial charge < -0.3 is 5.32 Å². The van der Waals surface area contributed by atoms with Gasteiger partial charge in [0.15, 0.2) is 9.84 Å². The molecule has 0 aromatic rings. The molecule has 1 saturated heterocycles. The van der Waals surface area contributed by atoms with Crippen LogP contribution < -0.4 is 5.32 Å². The van der Waals surface area contributed by atoms with Gasteiger partial charge in [0.1, 0.15) is 5.75 Å². The van der Waals surface area contributed by atoms with E-state index in [1.54, 1.807) is 0 Å². The molecular formula is C6H11F2NO2S. The van der Waals surface area contributed by atoms with Crippen molar-refractivity contribution in [3.63, 3.8) is 0 Å². The number of rotatable bonds is 3. The van der Waals surface area contributed by atoms with Crippen LogP contribution in [0.25, 0.3) is 0 Å². The van der Waals surface area contributed by atoms with Crippen LogP contribution in [0.5, 0.6) is 0 Å². The average Bonchev–Trinajstić information content (AvgIpc) is 2.32. The minimum Gasteiger partial charge on any atom is -0.315 e. The highest BCUT2D eigenvalue weighted by atomic mass is 32.2. The van der Waals surface area contributed by atoms with Crippen LogP contribution in [-0.2, 0) is 9.84 Å². The molecule has 0 aromatic carbocycles. The zero-order valence-corrected chi connectivity index (χ0v) is 7.28. The molecule has 1 atom stereocenters. The molecule has 3 nitrogen and oxygen atoms in total. The van der Waals surface area contributed by atoms with Crippen molar-refractivity contribution in [2.24, 2.45) is 0 Å². The van der Waals surface area contributed by atoms with E-state index in [0.717, 1.165) is 0 Å². The maximum atomic E-state index is 11.8. The summed E-state index contributed by atoms with van der Waals surface area (Å²) in [4.78, 5) is 0. The zero-order chi connectivity index (χ0) is 9.19. The van der Waals surface area contributed by atoms with E-state index in [1.807, 2.05) is 0 Å². The molecule has 1 aliphatic rings. The summed E-state index contributed by atoms with van der Waals surface area (Å²) in [5, 5.41) is 2.22.